The molecular formula is C15H18N2O. The van der Waals surface area contributed by atoms with Gasteiger partial charge in [0.1, 0.15) is 5.82 Å². The molecule has 1 aromatic carbocycles. The van der Waals surface area contributed by atoms with Gasteiger partial charge in [-0.05, 0) is 38.5 Å². The summed E-state index contributed by atoms with van der Waals surface area (Å²) >= 11 is 0. The first kappa shape index (κ1) is 12.6. The van der Waals surface area contributed by atoms with Crippen molar-refractivity contribution in [2.24, 2.45) is 0 Å². The van der Waals surface area contributed by atoms with Gasteiger partial charge in [-0.1, -0.05) is 12.1 Å². The maximum absolute atomic E-state index is 11.1. The maximum Gasteiger partial charge on any atom is 0.152 e. The molecule has 0 bridgehead atoms. The zero-order valence-electron chi connectivity index (χ0n) is 11.1. The van der Waals surface area contributed by atoms with E-state index in [2.05, 4.69) is 36.7 Å². The van der Waals surface area contributed by atoms with Crippen LogP contribution in [0, 0.1) is 6.92 Å². The van der Waals surface area contributed by atoms with Crippen molar-refractivity contribution in [2.45, 2.75) is 20.8 Å². The van der Waals surface area contributed by atoms with Crippen LogP contribution >= 0.6 is 0 Å². The van der Waals surface area contributed by atoms with Crippen molar-refractivity contribution in [2.75, 3.05) is 18.0 Å². The minimum atomic E-state index is 0.657. The van der Waals surface area contributed by atoms with Crippen molar-refractivity contribution < 1.29 is 4.79 Å². The number of pyridine rings is 1. The maximum atomic E-state index is 11.1. The number of aryl methyl sites for hydroxylation is 1. The van der Waals surface area contributed by atoms with E-state index in [0.29, 0.717) is 5.56 Å². The second-order valence-corrected chi connectivity index (χ2v) is 4.33. The van der Waals surface area contributed by atoms with Crippen molar-refractivity contribution in [3.05, 3.63) is 35.4 Å². The number of fused-ring (bicyclic) bond motifs is 1. The standard InChI is InChI=1S/C15H18N2O/c1-4-17(5-2)14-9-11(3)13-8-6-7-12(10-18)15(13)16-14/h6-10H,4-5H2,1-3H3. The molecule has 94 valence electrons. The quantitative estimate of drug-likeness (QED) is 0.772. The predicted octanol–water partition coefficient (Wildman–Crippen LogP) is 3.20. The van der Waals surface area contributed by atoms with Gasteiger partial charge in [0.2, 0.25) is 0 Å². The number of aromatic nitrogens is 1. The zero-order valence-corrected chi connectivity index (χ0v) is 11.1. The average Bonchev–Trinajstić information content (AvgIpc) is 2.39. The summed E-state index contributed by atoms with van der Waals surface area (Å²) in [5, 5.41) is 1.05. The van der Waals surface area contributed by atoms with Gasteiger partial charge >= 0.3 is 0 Å². The normalized spacial score (nSPS) is 10.6. The molecule has 0 saturated heterocycles. The van der Waals surface area contributed by atoms with E-state index in [1.807, 2.05) is 18.2 Å². The highest BCUT2D eigenvalue weighted by atomic mass is 16.1. The van der Waals surface area contributed by atoms with E-state index < -0.39 is 0 Å². The van der Waals surface area contributed by atoms with Gasteiger partial charge in [0.05, 0.1) is 5.52 Å². The second-order valence-electron chi connectivity index (χ2n) is 4.33. The Kier molecular flexibility index (Phi) is 3.60. The molecule has 18 heavy (non-hydrogen) atoms. The Bertz CT molecular complexity index is 574. The van der Waals surface area contributed by atoms with Crippen molar-refractivity contribution in [1.29, 1.82) is 0 Å². The second kappa shape index (κ2) is 5.17. The van der Waals surface area contributed by atoms with Crippen LogP contribution in [-0.2, 0) is 0 Å². The highest BCUT2D eigenvalue weighted by Crippen LogP contribution is 2.24. The summed E-state index contributed by atoms with van der Waals surface area (Å²) in [6, 6.07) is 7.81. The fraction of sp³-hybridized carbons (Fsp3) is 0.333. The molecule has 0 radical (unpaired) electrons. The first-order valence-corrected chi connectivity index (χ1v) is 6.31. The Labute approximate surface area is 107 Å². The summed E-state index contributed by atoms with van der Waals surface area (Å²) in [5.74, 6) is 0.944. The molecule has 3 heteroatoms. The fourth-order valence-corrected chi connectivity index (χ4v) is 2.23. The summed E-state index contributed by atoms with van der Waals surface area (Å²) in [6.07, 6.45) is 0.876. The van der Waals surface area contributed by atoms with Crippen molar-refractivity contribution in [3.63, 3.8) is 0 Å². The first-order chi connectivity index (χ1) is 8.71. The van der Waals surface area contributed by atoms with Gasteiger partial charge in [0.15, 0.2) is 6.29 Å². The number of nitrogens with zero attached hydrogens (tertiary/aromatic N) is 2. The third-order valence-corrected chi connectivity index (χ3v) is 3.28. The number of hydrogen-bond acceptors (Lipinski definition) is 3. The molecule has 1 aromatic heterocycles. The molecule has 0 aliphatic heterocycles. The lowest BCUT2D eigenvalue weighted by Crippen LogP contribution is -2.23. The van der Waals surface area contributed by atoms with Gasteiger partial charge in [-0.2, -0.15) is 0 Å². The lowest BCUT2D eigenvalue weighted by Gasteiger charge is -2.21. The van der Waals surface area contributed by atoms with E-state index in [9.17, 15) is 4.79 Å². The van der Waals surface area contributed by atoms with E-state index in [1.54, 1.807) is 0 Å². The molecule has 2 rings (SSSR count). The highest BCUT2D eigenvalue weighted by Gasteiger charge is 2.09. The smallest absolute Gasteiger partial charge is 0.152 e. The number of rotatable bonds is 4. The third kappa shape index (κ3) is 2.08. The van der Waals surface area contributed by atoms with Gasteiger partial charge in [-0.25, -0.2) is 4.98 Å². The van der Waals surface area contributed by atoms with Gasteiger partial charge in [-0.3, -0.25) is 4.79 Å². The van der Waals surface area contributed by atoms with Crippen LogP contribution in [-0.4, -0.2) is 24.4 Å². The number of carbonyl (C=O) groups is 1. The van der Waals surface area contributed by atoms with E-state index in [1.165, 1.54) is 0 Å². The van der Waals surface area contributed by atoms with Crippen molar-refractivity contribution in [1.82, 2.24) is 4.98 Å². The van der Waals surface area contributed by atoms with Crippen molar-refractivity contribution in [3.8, 4) is 0 Å². The Morgan fingerprint density at radius 1 is 1.28 bits per heavy atom. The van der Waals surface area contributed by atoms with Gasteiger partial charge < -0.3 is 4.90 Å². The molecule has 0 amide bonds. The lowest BCUT2D eigenvalue weighted by atomic mass is 10.1. The van der Waals surface area contributed by atoms with Crippen molar-refractivity contribution >= 4 is 23.0 Å². The number of para-hydroxylation sites is 1. The summed E-state index contributed by atoms with van der Waals surface area (Å²) in [7, 11) is 0. The van der Waals surface area contributed by atoms with Crippen LogP contribution in [0.4, 0.5) is 5.82 Å². The molecule has 0 fully saturated rings. The fourth-order valence-electron chi connectivity index (χ4n) is 2.23. The van der Waals surface area contributed by atoms with E-state index >= 15 is 0 Å². The van der Waals surface area contributed by atoms with Crippen LogP contribution in [0.1, 0.15) is 29.8 Å². The molecule has 0 N–H and O–H groups in total. The molecule has 0 saturated carbocycles. The summed E-state index contributed by atoms with van der Waals surface area (Å²) in [5.41, 5.74) is 2.62. The largest absolute Gasteiger partial charge is 0.357 e. The summed E-state index contributed by atoms with van der Waals surface area (Å²) in [4.78, 5) is 17.9. The van der Waals surface area contributed by atoms with Crippen LogP contribution in [0.2, 0.25) is 0 Å². The molecule has 0 aliphatic rings. The Balaban J connectivity index is 2.69. The monoisotopic (exact) mass is 242 g/mol. The SMILES string of the molecule is CCN(CC)c1cc(C)c2cccc(C=O)c2n1. The van der Waals surface area contributed by atoms with Crippen LogP contribution < -0.4 is 4.90 Å². The molecule has 0 aliphatic carbocycles. The minimum absolute atomic E-state index is 0.657. The Morgan fingerprint density at radius 2 is 2.00 bits per heavy atom. The topological polar surface area (TPSA) is 33.2 Å². The number of hydrogen-bond donors (Lipinski definition) is 0. The van der Waals surface area contributed by atoms with Crippen LogP contribution in [0.15, 0.2) is 24.3 Å². The summed E-state index contributed by atoms with van der Waals surface area (Å²) in [6.45, 7) is 8.10. The summed E-state index contributed by atoms with van der Waals surface area (Å²) < 4.78 is 0. The number of benzene rings is 1. The van der Waals surface area contributed by atoms with Crippen LogP contribution in [0.3, 0.4) is 0 Å². The minimum Gasteiger partial charge on any atom is -0.357 e. The Hall–Kier alpha value is -1.90. The predicted molar refractivity (Wildman–Crippen MR) is 75.4 cm³/mol. The molecule has 0 spiro atoms. The molecule has 2 aromatic rings. The lowest BCUT2D eigenvalue weighted by molar-refractivity contribution is 0.112. The van der Waals surface area contributed by atoms with E-state index in [0.717, 1.165) is 41.7 Å². The van der Waals surface area contributed by atoms with E-state index in [4.69, 9.17) is 0 Å². The van der Waals surface area contributed by atoms with Crippen LogP contribution in [0.25, 0.3) is 10.9 Å². The van der Waals surface area contributed by atoms with Gasteiger partial charge in [0, 0.05) is 24.0 Å². The van der Waals surface area contributed by atoms with E-state index in [-0.39, 0.29) is 0 Å². The zero-order chi connectivity index (χ0) is 13.1. The molecule has 0 atom stereocenters. The number of anilines is 1. The number of aldehydes is 1. The molecule has 0 unspecified atom stereocenters. The first-order valence-electron chi connectivity index (χ1n) is 6.31. The molecular weight excluding hydrogens is 224 g/mol. The molecule has 3 nitrogen and oxygen atoms in total. The third-order valence-electron chi connectivity index (χ3n) is 3.28. The van der Waals surface area contributed by atoms with Crippen LogP contribution in [0.5, 0.6) is 0 Å². The highest BCUT2D eigenvalue weighted by molar-refractivity contribution is 5.97. The van der Waals surface area contributed by atoms with Gasteiger partial charge in [0.25, 0.3) is 0 Å². The number of carbonyl (C=O) groups excluding carboxylic acids is 1. The Morgan fingerprint density at radius 3 is 2.61 bits per heavy atom. The van der Waals surface area contributed by atoms with Gasteiger partial charge in [-0.15, -0.1) is 0 Å². The average molecular weight is 242 g/mol. The molecule has 1 heterocycles.